The Hall–Kier alpha value is -0.0301. The van der Waals surface area contributed by atoms with Crippen LogP contribution >= 0.6 is 0 Å². The predicted octanol–water partition coefficient (Wildman–Crippen LogP) is 1.48. The van der Waals surface area contributed by atoms with E-state index in [1.54, 1.807) is 0 Å². The molecule has 0 spiro atoms. The van der Waals surface area contributed by atoms with Gasteiger partial charge in [0, 0.05) is 10.8 Å². The van der Waals surface area contributed by atoms with Crippen molar-refractivity contribution in [3.63, 3.8) is 0 Å². The van der Waals surface area contributed by atoms with E-state index in [2.05, 4.69) is 27.7 Å². The molecule has 2 aliphatic rings. The zero-order valence-corrected chi connectivity index (χ0v) is 12.5. The molecule has 0 aliphatic carbocycles. The molecular formula is C13H24B2O4. The van der Waals surface area contributed by atoms with Crippen molar-refractivity contribution in [1.82, 2.24) is 0 Å². The Morgan fingerprint density at radius 3 is 1.37 bits per heavy atom. The van der Waals surface area contributed by atoms with Gasteiger partial charge < -0.3 is 18.9 Å². The average Bonchev–Trinajstić information content (AvgIpc) is 2.33. The lowest BCUT2D eigenvalue weighted by atomic mass is 9.53. The average molecular weight is 266 g/mol. The van der Waals surface area contributed by atoms with Crippen LogP contribution in [-0.2, 0) is 18.9 Å². The molecular weight excluding hydrogens is 242 g/mol. The van der Waals surface area contributed by atoms with E-state index < -0.39 is 0 Å². The third-order valence-corrected chi connectivity index (χ3v) is 3.21. The molecule has 2 heterocycles. The Labute approximate surface area is 118 Å². The number of ether oxygens (including phenoxy) is 4. The molecule has 0 amide bonds. The monoisotopic (exact) mass is 266 g/mol. The third kappa shape index (κ3) is 5.10. The second-order valence-electron chi connectivity index (χ2n) is 7.02. The molecule has 19 heavy (non-hydrogen) atoms. The molecule has 2 radical (unpaired) electrons. The minimum Gasteiger partial charge on any atom is -0.361 e. The smallest absolute Gasteiger partial charge is 0.178 e. The molecule has 106 valence electrons. The summed E-state index contributed by atoms with van der Waals surface area (Å²) < 4.78 is 22.5. The SMILES string of the molecule is CC1(C)COC([B]C[B]C2OCC(C)(C)CO2)OC1. The quantitative estimate of drug-likeness (QED) is 0.722. The highest BCUT2D eigenvalue weighted by Gasteiger charge is 2.30. The van der Waals surface area contributed by atoms with E-state index in [9.17, 15) is 0 Å². The van der Waals surface area contributed by atoms with E-state index in [-0.39, 0.29) is 23.2 Å². The first-order valence-electron chi connectivity index (χ1n) is 6.99. The fourth-order valence-corrected chi connectivity index (χ4v) is 1.98. The van der Waals surface area contributed by atoms with Crippen molar-refractivity contribution in [3.05, 3.63) is 0 Å². The molecule has 6 heteroatoms. The summed E-state index contributed by atoms with van der Waals surface area (Å²) >= 11 is 0. The van der Waals surface area contributed by atoms with Crippen LogP contribution in [0.3, 0.4) is 0 Å². The Bertz CT molecular complexity index is 248. The topological polar surface area (TPSA) is 36.9 Å². The molecule has 0 unspecified atom stereocenters. The van der Waals surface area contributed by atoms with E-state index in [4.69, 9.17) is 18.9 Å². The zero-order chi connectivity index (χ0) is 13.9. The molecule has 0 saturated carbocycles. The van der Waals surface area contributed by atoms with Crippen molar-refractivity contribution in [2.75, 3.05) is 26.4 Å². The Kier molecular flexibility index (Phi) is 4.98. The van der Waals surface area contributed by atoms with Gasteiger partial charge in [-0.15, -0.1) is 0 Å². The first-order valence-corrected chi connectivity index (χ1v) is 6.99. The van der Waals surface area contributed by atoms with Crippen molar-refractivity contribution >= 4 is 14.6 Å². The number of rotatable bonds is 4. The summed E-state index contributed by atoms with van der Waals surface area (Å²) in [5, 5.41) is 0. The fourth-order valence-electron chi connectivity index (χ4n) is 1.98. The van der Waals surface area contributed by atoms with Gasteiger partial charge in [-0.2, -0.15) is 0 Å². The molecule has 0 aromatic rings. The molecule has 0 aromatic carbocycles. The standard InChI is InChI=1S/C13H24B2O4/c1-12(2)5-16-10(17-6-12)14-9-15-11-18-7-13(3,4)8-19-11/h10-11H,5-9H2,1-4H3. The van der Waals surface area contributed by atoms with Gasteiger partial charge >= 0.3 is 0 Å². The number of hydrogen-bond acceptors (Lipinski definition) is 4. The highest BCUT2D eigenvalue weighted by atomic mass is 16.7. The highest BCUT2D eigenvalue weighted by molar-refractivity contribution is 6.56. The number of hydrogen-bond donors (Lipinski definition) is 0. The maximum absolute atomic E-state index is 5.64. The van der Waals surface area contributed by atoms with E-state index in [0.717, 1.165) is 32.6 Å². The maximum Gasteiger partial charge on any atom is 0.178 e. The summed E-state index contributed by atoms with van der Waals surface area (Å²) in [5.74, 6) is 0. The van der Waals surface area contributed by atoms with E-state index in [1.165, 1.54) is 0 Å². The minimum absolute atomic E-state index is 0.120. The van der Waals surface area contributed by atoms with E-state index in [0.29, 0.717) is 0 Å². The van der Waals surface area contributed by atoms with Crippen molar-refractivity contribution < 1.29 is 18.9 Å². The summed E-state index contributed by atoms with van der Waals surface area (Å²) in [6, 6.07) is 0. The molecule has 2 fully saturated rings. The van der Waals surface area contributed by atoms with Crippen molar-refractivity contribution in [3.8, 4) is 0 Å². The lowest BCUT2D eigenvalue weighted by Crippen LogP contribution is -2.43. The summed E-state index contributed by atoms with van der Waals surface area (Å²) in [4.78, 5) is 0. The molecule has 2 rings (SSSR count). The van der Waals surface area contributed by atoms with Crippen LogP contribution in [0.15, 0.2) is 0 Å². The van der Waals surface area contributed by atoms with Gasteiger partial charge in [0.2, 0.25) is 0 Å². The Morgan fingerprint density at radius 2 is 1.05 bits per heavy atom. The second kappa shape index (κ2) is 6.17. The van der Waals surface area contributed by atoms with E-state index >= 15 is 0 Å². The fraction of sp³-hybridized carbons (Fsp3) is 1.00. The van der Waals surface area contributed by atoms with E-state index in [1.807, 2.05) is 14.6 Å². The first-order chi connectivity index (χ1) is 8.86. The van der Waals surface area contributed by atoms with Crippen LogP contribution < -0.4 is 0 Å². The molecule has 0 N–H and O–H groups in total. The molecule has 2 aliphatic heterocycles. The van der Waals surface area contributed by atoms with Crippen LogP contribution in [0.1, 0.15) is 27.7 Å². The van der Waals surface area contributed by atoms with Crippen LogP contribution in [-0.4, -0.2) is 53.4 Å². The van der Waals surface area contributed by atoms with Crippen LogP contribution in [0.25, 0.3) is 0 Å². The first kappa shape index (κ1) is 15.4. The van der Waals surface area contributed by atoms with Gasteiger partial charge in [0.25, 0.3) is 0 Å². The van der Waals surface area contributed by atoms with Crippen LogP contribution in [0.4, 0.5) is 0 Å². The summed E-state index contributed by atoms with van der Waals surface area (Å²) in [6.07, 6.45) is 0.351. The summed E-state index contributed by atoms with van der Waals surface area (Å²) in [6.45, 7) is 11.5. The Balaban J connectivity index is 1.58. The Morgan fingerprint density at radius 1 is 0.737 bits per heavy atom. The van der Waals surface area contributed by atoms with Crippen molar-refractivity contribution in [2.45, 2.75) is 46.3 Å². The summed E-state index contributed by atoms with van der Waals surface area (Å²) in [7, 11) is 4.03. The lowest BCUT2D eigenvalue weighted by Gasteiger charge is -2.36. The van der Waals surface area contributed by atoms with Gasteiger partial charge in [-0.05, 0) is 0 Å². The minimum atomic E-state index is -0.204. The largest absolute Gasteiger partial charge is 0.361 e. The van der Waals surface area contributed by atoms with Crippen LogP contribution in [0, 0.1) is 10.8 Å². The van der Waals surface area contributed by atoms with Crippen LogP contribution in [0.5, 0.6) is 0 Å². The zero-order valence-electron chi connectivity index (χ0n) is 12.5. The molecule has 0 atom stereocenters. The third-order valence-electron chi connectivity index (χ3n) is 3.21. The van der Waals surface area contributed by atoms with Gasteiger partial charge in [0.15, 0.2) is 14.6 Å². The van der Waals surface area contributed by atoms with Gasteiger partial charge in [0.1, 0.15) is 12.4 Å². The van der Waals surface area contributed by atoms with Gasteiger partial charge in [-0.3, -0.25) is 0 Å². The molecule has 2 saturated heterocycles. The van der Waals surface area contributed by atoms with Crippen LogP contribution in [0.2, 0.25) is 6.22 Å². The van der Waals surface area contributed by atoms with Crippen molar-refractivity contribution in [2.24, 2.45) is 10.8 Å². The van der Waals surface area contributed by atoms with Gasteiger partial charge in [-0.25, -0.2) is 0 Å². The second-order valence-corrected chi connectivity index (χ2v) is 7.02. The van der Waals surface area contributed by atoms with Gasteiger partial charge in [0.05, 0.1) is 26.4 Å². The highest BCUT2D eigenvalue weighted by Crippen LogP contribution is 2.24. The molecule has 0 bridgehead atoms. The maximum atomic E-state index is 5.64. The summed E-state index contributed by atoms with van der Waals surface area (Å²) in [5.41, 5.74) is 0.241. The molecule has 0 aromatic heterocycles. The lowest BCUT2D eigenvalue weighted by molar-refractivity contribution is -0.183. The normalized spacial score (nSPS) is 28.0. The van der Waals surface area contributed by atoms with Crippen molar-refractivity contribution in [1.29, 1.82) is 0 Å². The van der Waals surface area contributed by atoms with Gasteiger partial charge in [-0.1, -0.05) is 33.9 Å². The molecule has 4 nitrogen and oxygen atoms in total. The predicted molar refractivity (Wildman–Crippen MR) is 75.3 cm³/mol.